The van der Waals surface area contributed by atoms with Crippen LogP contribution in [0.15, 0.2) is 88.3 Å². The van der Waals surface area contributed by atoms with Crippen LogP contribution in [-0.2, 0) is 0 Å². The summed E-state index contributed by atoms with van der Waals surface area (Å²) in [6, 6.07) is 17.8. The van der Waals surface area contributed by atoms with Crippen LogP contribution < -0.4 is 14.9 Å². The molecule has 0 radical (unpaired) electrons. The third-order valence-electron chi connectivity index (χ3n) is 6.50. The Balaban J connectivity index is 0.000000166. The van der Waals surface area contributed by atoms with Crippen LogP contribution >= 0.6 is 0 Å². The molecule has 0 spiro atoms. The molecule has 0 fully saturated rings. The first-order chi connectivity index (χ1) is 19.6. The van der Waals surface area contributed by atoms with Crippen LogP contribution in [0.25, 0.3) is 22.1 Å². The first kappa shape index (κ1) is 26.9. The van der Waals surface area contributed by atoms with Gasteiger partial charge in [0.15, 0.2) is 22.7 Å². The summed E-state index contributed by atoms with van der Waals surface area (Å²) in [5.74, 6) is -0.222. The number of hydrogen-bond acceptors (Lipinski definition) is 10. The van der Waals surface area contributed by atoms with Crippen LogP contribution in [0.2, 0.25) is 0 Å². The van der Waals surface area contributed by atoms with E-state index in [1.807, 2.05) is 0 Å². The summed E-state index contributed by atoms with van der Waals surface area (Å²) >= 11 is 0. The predicted octanol–water partition coefficient (Wildman–Crippen LogP) is 5.39. The maximum Gasteiger partial charge on any atom is 0.200 e. The molecule has 10 nitrogen and oxygen atoms in total. The van der Waals surface area contributed by atoms with Gasteiger partial charge in [-0.1, -0.05) is 18.2 Å². The fourth-order valence-electron chi connectivity index (χ4n) is 4.48. The number of ketones is 1. The molecule has 0 aliphatic carbocycles. The Morgan fingerprint density at radius 2 is 1.51 bits per heavy atom. The van der Waals surface area contributed by atoms with Gasteiger partial charge in [0.2, 0.25) is 0 Å². The lowest BCUT2D eigenvalue weighted by atomic mass is 9.95. The van der Waals surface area contributed by atoms with Gasteiger partial charge in [0.25, 0.3) is 0 Å². The van der Waals surface area contributed by atoms with Gasteiger partial charge in [-0.3, -0.25) is 9.59 Å². The Morgan fingerprint density at radius 1 is 0.780 bits per heavy atom. The molecule has 10 heteroatoms. The maximum atomic E-state index is 12.3. The van der Waals surface area contributed by atoms with Crippen molar-refractivity contribution in [1.29, 1.82) is 0 Å². The van der Waals surface area contributed by atoms with Crippen LogP contribution in [-0.4, -0.2) is 38.4 Å². The Hall–Kier alpha value is -5.64. The first-order valence-electron chi connectivity index (χ1n) is 12.3. The summed E-state index contributed by atoms with van der Waals surface area (Å²) in [7, 11) is 1.44. The highest BCUT2D eigenvalue weighted by Gasteiger charge is 2.31. The number of ether oxygens (including phenoxy) is 2. The number of benzene rings is 4. The lowest BCUT2D eigenvalue weighted by molar-refractivity contribution is 0.0844. The van der Waals surface area contributed by atoms with Gasteiger partial charge in [-0.2, -0.15) is 0 Å². The average Bonchev–Trinajstić information content (AvgIpc) is 2.93. The van der Waals surface area contributed by atoms with Crippen molar-refractivity contribution in [2.24, 2.45) is 0 Å². The fourth-order valence-corrected chi connectivity index (χ4v) is 4.48. The van der Waals surface area contributed by atoms with Gasteiger partial charge >= 0.3 is 0 Å². The maximum absolute atomic E-state index is 12.3. The van der Waals surface area contributed by atoms with E-state index in [1.165, 1.54) is 55.8 Å². The van der Waals surface area contributed by atoms with Crippen LogP contribution in [0, 0.1) is 0 Å². The Bertz CT molecular complexity index is 1820. The normalized spacial score (nSPS) is 14.0. The summed E-state index contributed by atoms with van der Waals surface area (Å²) < 4.78 is 16.0. The predicted molar refractivity (Wildman–Crippen MR) is 148 cm³/mol. The summed E-state index contributed by atoms with van der Waals surface area (Å²) in [6.45, 7) is 0. The molecule has 0 amide bonds. The summed E-state index contributed by atoms with van der Waals surface area (Å²) in [5, 5.41) is 48.1. The molecule has 4 aromatic carbocycles. The molecule has 6 rings (SSSR count). The highest BCUT2D eigenvalue weighted by molar-refractivity contribution is 6.02. The smallest absolute Gasteiger partial charge is 0.200 e. The zero-order valence-corrected chi connectivity index (χ0v) is 21.6. The van der Waals surface area contributed by atoms with Gasteiger partial charge in [-0.05, 0) is 47.5 Å². The first-order valence-corrected chi connectivity index (χ1v) is 12.3. The van der Waals surface area contributed by atoms with E-state index in [1.54, 1.807) is 24.3 Å². The molecule has 5 aromatic rings. The van der Waals surface area contributed by atoms with Crippen molar-refractivity contribution >= 4 is 16.8 Å². The van der Waals surface area contributed by atoms with Gasteiger partial charge in [0.1, 0.15) is 52.3 Å². The van der Waals surface area contributed by atoms with Crippen LogP contribution in [0.1, 0.15) is 28.4 Å². The van der Waals surface area contributed by atoms with Crippen molar-refractivity contribution in [2.75, 3.05) is 7.11 Å². The number of phenolic OH excluding ortho intramolecular Hbond substituents is 5. The lowest BCUT2D eigenvalue weighted by Crippen LogP contribution is -2.20. The molecule has 1 aliphatic heterocycles. The van der Waals surface area contributed by atoms with E-state index in [2.05, 4.69) is 0 Å². The quantitative estimate of drug-likeness (QED) is 0.194. The third-order valence-corrected chi connectivity index (χ3v) is 6.50. The molecule has 0 saturated heterocycles. The zero-order valence-electron chi connectivity index (χ0n) is 21.6. The molecule has 1 atom stereocenters. The highest BCUT2D eigenvalue weighted by atomic mass is 16.5. The lowest BCUT2D eigenvalue weighted by Gasteiger charge is -2.26. The topological polar surface area (TPSA) is 167 Å². The SMILES string of the molecule is COc1ccc([C@@H]2CC(=O)c3c(O)cc(O)cc3O2)cc1O.O=c1c(-c2ccc(O)cc2)coc2cc(O)ccc12. The fraction of sp³-hybridized carbons (Fsp3) is 0.0968. The largest absolute Gasteiger partial charge is 0.508 e. The van der Waals surface area contributed by atoms with E-state index in [-0.39, 0.29) is 57.7 Å². The number of phenols is 5. The molecular formula is C31H24O10. The van der Waals surface area contributed by atoms with Crippen LogP contribution in [0.4, 0.5) is 0 Å². The molecular weight excluding hydrogens is 532 g/mol. The molecule has 5 N–H and O–H groups in total. The molecule has 1 aliphatic rings. The van der Waals surface area contributed by atoms with E-state index >= 15 is 0 Å². The molecule has 41 heavy (non-hydrogen) atoms. The molecule has 0 saturated carbocycles. The second-order valence-electron chi connectivity index (χ2n) is 9.21. The van der Waals surface area contributed by atoms with Gasteiger partial charge in [0.05, 0.1) is 24.5 Å². The average molecular weight is 557 g/mol. The number of rotatable bonds is 3. The van der Waals surface area contributed by atoms with Crippen molar-refractivity contribution < 1.29 is 44.2 Å². The molecule has 0 unspecified atom stereocenters. The van der Waals surface area contributed by atoms with Crippen molar-refractivity contribution in [3.63, 3.8) is 0 Å². The molecule has 0 bridgehead atoms. The minimum absolute atomic E-state index is 0.0249. The summed E-state index contributed by atoms with van der Waals surface area (Å²) in [5.41, 5.74) is 1.91. The van der Waals surface area contributed by atoms with Crippen LogP contribution in [0.5, 0.6) is 40.2 Å². The Kier molecular flexibility index (Phi) is 7.13. The Labute approximate surface area is 232 Å². The Morgan fingerprint density at radius 3 is 2.22 bits per heavy atom. The van der Waals surface area contributed by atoms with Gasteiger partial charge in [-0.15, -0.1) is 0 Å². The molecule has 208 valence electrons. The number of fused-ring (bicyclic) bond motifs is 2. The molecule has 1 aromatic heterocycles. The summed E-state index contributed by atoms with van der Waals surface area (Å²) in [6.07, 6.45) is 0.770. The number of Topliss-reactive ketones (excluding diaryl/α,β-unsaturated/α-hetero) is 1. The number of hydrogen-bond donors (Lipinski definition) is 5. The van der Waals surface area contributed by atoms with Crippen molar-refractivity contribution in [2.45, 2.75) is 12.5 Å². The van der Waals surface area contributed by atoms with E-state index in [0.29, 0.717) is 33.4 Å². The number of aromatic hydroxyl groups is 5. The zero-order chi connectivity index (χ0) is 29.3. The molecule has 2 heterocycles. The van der Waals surface area contributed by atoms with E-state index < -0.39 is 6.10 Å². The highest BCUT2D eigenvalue weighted by Crippen LogP contribution is 2.42. The second kappa shape index (κ2) is 10.9. The number of methoxy groups -OCH3 is 1. The van der Waals surface area contributed by atoms with E-state index in [9.17, 15) is 35.1 Å². The number of carbonyl (C=O) groups is 1. The van der Waals surface area contributed by atoms with Gasteiger partial charge in [0, 0.05) is 18.2 Å². The standard InChI is InChI=1S/C16H14O6.C15H10O4/c1-21-13-3-2-8(4-10(13)18)14-7-12(20)16-11(19)5-9(17)6-15(16)22-14;16-10-3-1-9(2-4-10)13-8-19-14-7-11(17)5-6-12(14)15(13)18/h2-6,14,17-19H,7H2,1H3;1-8,16-17H/t14-;/m0./s1. The number of carbonyl (C=O) groups excluding carboxylic acids is 1. The third kappa shape index (κ3) is 5.44. The summed E-state index contributed by atoms with van der Waals surface area (Å²) in [4.78, 5) is 24.5. The second-order valence-corrected chi connectivity index (χ2v) is 9.21. The van der Waals surface area contributed by atoms with Gasteiger partial charge in [-0.25, -0.2) is 0 Å². The van der Waals surface area contributed by atoms with Crippen molar-refractivity contribution in [3.8, 4) is 51.4 Å². The minimum atomic E-state index is -0.613. The van der Waals surface area contributed by atoms with E-state index in [0.717, 1.165) is 6.07 Å². The minimum Gasteiger partial charge on any atom is -0.508 e. The van der Waals surface area contributed by atoms with Crippen molar-refractivity contribution in [1.82, 2.24) is 0 Å². The monoisotopic (exact) mass is 556 g/mol. The van der Waals surface area contributed by atoms with E-state index in [4.69, 9.17) is 13.9 Å². The van der Waals surface area contributed by atoms with Gasteiger partial charge < -0.3 is 39.4 Å². The van der Waals surface area contributed by atoms with Crippen LogP contribution in [0.3, 0.4) is 0 Å². The van der Waals surface area contributed by atoms with Crippen molar-refractivity contribution in [3.05, 3.63) is 100 Å².